The Bertz CT molecular complexity index is 1040. The molecular weight excluding hydrogens is 352 g/mol. The summed E-state index contributed by atoms with van der Waals surface area (Å²) < 4.78 is 6.97. The van der Waals surface area contributed by atoms with Crippen LogP contribution in [-0.4, -0.2) is 16.4 Å². The summed E-state index contributed by atoms with van der Waals surface area (Å²) in [5.74, 6) is 0.693. The molecule has 0 bridgehead atoms. The highest BCUT2D eigenvalue weighted by atomic mass is 16.5. The first-order chi connectivity index (χ1) is 13.6. The highest BCUT2D eigenvalue weighted by molar-refractivity contribution is 5.63. The summed E-state index contributed by atoms with van der Waals surface area (Å²) in [6.07, 6.45) is 1.87. The number of hydrogen-bond acceptors (Lipinski definition) is 5. The Morgan fingerprint density at radius 2 is 2.00 bits per heavy atom. The Morgan fingerprint density at radius 3 is 2.75 bits per heavy atom. The quantitative estimate of drug-likeness (QED) is 0.483. The molecular formula is C22H24N4O2. The van der Waals surface area contributed by atoms with Gasteiger partial charge in [0.05, 0.1) is 18.8 Å². The maximum absolute atomic E-state index is 12.3. The van der Waals surface area contributed by atoms with E-state index in [-0.39, 0.29) is 5.56 Å². The minimum Gasteiger partial charge on any atom is -0.479 e. The Balaban J connectivity index is 1.85. The first-order valence-corrected chi connectivity index (χ1v) is 9.18. The number of nitrogen functional groups attached to an aromatic ring is 1. The van der Waals surface area contributed by atoms with Crippen molar-refractivity contribution in [2.75, 3.05) is 17.7 Å². The molecule has 0 atom stereocenters. The van der Waals surface area contributed by atoms with E-state index in [0.29, 0.717) is 30.4 Å². The van der Waals surface area contributed by atoms with Crippen LogP contribution in [0.3, 0.4) is 0 Å². The van der Waals surface area contributed by atoms with E-state index < -0.39 is 0 Å². The van der Waals surface area contributed by atoms with Gasteiger partial charge >= 0.3 is 0 Å². The third-order valence-corrected chi connectivity index (χ3v) is 4.14. The van der Waals surface area contributed by atoms with Crippen molar-refractivity contribution in [1.29, 1.82) is 0 Å². The zero-order valence-corrected chi connectivity index (χ0v) is 16.1. The van der Waals surface area contributed by atoms with E-state index in [0.717, 1.165) is 16.8 Å². The fraction of sp³-hybridized carbons (Fsp3) is 0.182. The van der Waals surface area contributed by atoms with E-state index >= 15 is 0 Å². The zero-order chi connectivity index (χ0) is 19.9. The lowest BCUT2D eigenvalue weighted by atomic mass is 10.1. The topological polar surface area (TPSA) is 82.2 Å². The Labute approximate surface area is 164 Å². The van der Waals surface area contributed by atoms with Crippen LogP contribution in [0.2, 0.25) is 0 Å². The molecule has 0 saturated carbocycles. The Morgan fingerprint density at radius 1 is 1.18 bits per heavy atom. The van der Waals surface area contributed by atoms with Crippen molar-refractivity contribution >= 4 is 11.4 Å². The van der Waals surface area contributed by atoms with Crippen LogP contribution >= 0.6 is 0 Å². The molecule has 1 heterocycles. The number of benzene rings is 2. The smallest absolute Gasteiger partial charge is 0.267 e. The maximum atomic E-state index is 12.3. The largest absolute Gasteiger partial charge is 0.479 e. The minimum absolute atomic E-state index is 0.158. The number of rotatable bonds is 7. The van der Waals surface area contributed by atoms with E-state index in [9.17, 15) is 4.79 Å². The van der Waals surface area contributed by atoms with Gasteiger partial charge in [0, 0.05) is 23.0 Å². The van der Waals surface area contributed by atoms with Crippen LogP contribution in [0, 0.1) is 0 Å². The molecule has 144 valence electrons. The molecule has 0 aliphatic heterocycles. The molecule has 0 unspecified atom stereocenters. The fourth-order valence-corrected chi connectivity index (χ4v) is 2.82. The van der Waals surface area contributed by atoms with E-state index in [1.54, 1.807) is 6.07 Å². The van der Waals surface area contributed by atoms with Gasteiger partial charge in [-0.05, 0) is 55.8 Å². The molecule has 0 spiro atoms. The van der Waals surface area contributed by atoms with E-state index in [1.165, 1.54) is 10.7 Å². The third-order valence-electron chi connectivity index (χ3n) is 4.14. The van der Waals surface area contributed by atoms with Crippen molar-refractivity contribution in [2.24, 2.45) is 0 Å². The summed E-state index contributed by atoms with van der Waals surface area (Å²) in [6.45, 7) is 4.80. The Kier molecular flexibility index (Phi) is 6.11. The summed E-state index contributed by atoms with van der Waals surface area (Å²) in [5.41, 5.74) is 9.78. The number of allylic oxidation sites excluding steroid dienone is 1. The number of aromatic nitrogens is 2. The highest BCUT2D eigenvalue weighted by Crippen LogP contribution is 2.19. The van der Waals surface area contributed by atoms with Gasteiger partial charge in [-0.25, -0.2) is 4.68 Å². The molecule has 1 aromatic heterocycles. The molecule has 0 saturated heterocycles. The van der Waals surface area contributed by atoms with Gasteiger partial charge in [-0.15, -0.1) is 0 Å². The van der Waals surface area contributed by atoms with Crippen molar-refractivity contribution in [3.8, 4) is 11.3 Å². The van der Waals surface area contributed by atoms with Gasteiger partial charge in [-0.2, -0.15) is 5.10 Å². The van der Waals surface area contributed by atoms with Crippen LogP contribution in [0.15, 0.2) is 77.4 Å². The molecule has 0 aliphatic rings. The van der Waals surface area contributed by atoms with Crippen LogP contribution in [0.25, 0.3) is 11.3 Å². The highest BCUT2D eigenvalue weighted by Gasteiger charge is 2.06. The standard InChI is InChI=1S/C22H24N4O2/c1-3-21(28-4-2)24-19-10-5-7-16(13-19)15-26-22(27)12-11-20(25-26)17-8-6-9-18(23)14-17/h3,5-14,24H,4,15,23H2,1-2H3/b21-3-. The summed E-state index contributed by atoms with van der Waals surface area (Å²) in [4.78, 5) is 12.3. The first kappa shape index (κ1) is 19.2. The lowest BCUT2D eigenvalue weighted by Gasteiger charge is -2.13. The maximum Gasteiger partial charge on any atom is 0.267 e. The summed E-state index contributed by atoms with van der Waals surface area (Å²) in [5, 5.41) is 7.74. The van der Waals surface area contributed by atoms with Crippen molar-refractivity contribution in [1.82, 2.24) is 9.78 Å². The van der Waals surface area contributed by atoms with Crippen LogP contribution in [0.5, 0.6) is 0 Å². The number of nitrogens with one attached hydrogen (secondary N) is 1. The summed E-state index contributed by atoms with van der Waals surface area (Å²) >= 11 is 0. The Hall–Kier alpha value is -3.54. The van der Waals surface area contributed by atoms with Gasteiger partial charge in [-0.3, -0.25) is 4.79 Å². The van der Waals surface area contributed by atoms with Gasteiger partial charge in [0.2, 0.25) is 0 Å². The van der Waals surface area contributed by atoms with Crippen molar-refractivity contribution in [2.45, 2.75) is 20.4 Å². The SMILES string of the molecule is C/C=C(/Nc1cccc(Cn2nc(-c3cccc(N)c3)ccc2=O)c1)OCC. The van der Waals surface area contributed by atoms with Gasteiger partial charge in [-0.1, -0.05) is 24.3 Å². The lowest BCUT2D eigenvalue weighted by Crippen LogP contribution is -2.22. The number of nitrogens with two attached hydrogens (primary N) is 1. The molecule has 2 aromatic carbocycles. The molecule has 3 aromatic rings. The summed E-state index contributed by atoms with van der Waals surface area (Å²) in [6, 6.07) is 18.5. The van der Waals surface area contributed by atoms with E-state index in [4.69, 9.17) is 10.5 Å². The minimum atomic E-state index is -0.158. The predicted octanol–water partition coefficient (Wildman–Crippen LogP) is 3.85. The number of hydrogen-bond donors (Lipinski definition) is 2. The van der Waals surface area contributed by atoms with Gasteiger partial charge in [0.1, 0.15) is 0 Å². The molecule has 6 nitrogen and oxygen atoms in total. The predicted molar refractivity (Wildman–Crippen MR) is 113 cm³/mol. The molecule has 3 N–H and O–H groups in total. The monoisotopic (exact) mass is 376 g/mol. The lowest BCUT2D eigenvalue weighted by molar-refractivity contribution is 0.234. The first-order valence-electron chi connectivity index (χ1n) is 9.18. The van der Waals surface area contributed by atoms with Crippen LogP contribution < -0.4 is 16.6 Å². The number of anilines is 2. The molecule has 0 aliphatic carbocycles. The average molecular weight is 376 g/mol. The summed E-state index contributed by atoms with van der Waals surface area (Å²) in [7, 11) is 0. The second-order valence-electron chi connectivity index (χ2n) is 6.25. The number of nitrogens with zero attached hydrogens (tertiary/aromatic N) is 2. The van der Waals surface area contributed by atoms with Crippen molar-refractivity contribution < 1.29 is 4.74 Å². The molecule has 3 rings (SSSR count). The van der Waals surface area contributed by atoms with E-state index in [1.807, 2.05) is 68.5 Å². The van der Waals surface area contributed by atoms with Gasteiger partial charge < -0.3 is 15.8 Å². The number of ether oxygens (including phenoxy) is 1. The van der Waals surface area contributed by atoms with Crippen molar-refractivity contribution in [3.05, 3.63) is 88.5 Å². The normalized spacial score (nSPS) is 11.3. The fourth-order valence-electron chi connectivity index (χ4n) is 2.82. The van der Waals surface area contributed by atoms with Crippen LogP contribution in [-0.2, 0) is 11.3 Å². The molecule has 0 fully saturated rings. The molecule has 28 heavy (non-hydrogen) atoms. The van der Waals surface area contributed by atoms with Gasteiger partial charge in [0.15, 0.2) is 5.88 Å². The molecule has 6 heteroatoms. The second kappa shape index (κ2) is 8.90. The zero-order valence-electron chi connectivity index (χ0n) is 16.1. The van der Waals surface area contributed by atoms with Gasteiger partial charge in [0.25, 0.3) is 5.56 Å². The third kappa shape index (κ3) is 4.79. The molecule has 0 radical (unpaired) electrons. The van der Waals surface area contributed by atoms with E-state index in [2.05, 4.69) is 10.4 Å². The average Bonchev–Trinajstić information content (AvgIpc) is 2.69. The molecule has 0 amide bonds. The van der Waals surface area contributed by atoms with Crippen LogP contribution in [0.1, 0.15) is 19.4 Å². The van der Waals surface area contributed by atoms with Crippen molar-refractivity contribution in [3.63, 3.8) is 0 Å². The van der Waals surface area contributed by atoms with Crippen LogP contribution in [0.4, 0.5) is 11.4 Å². The second-order valence-corrected chi connectivity index (χ2v) is 6.25.